The molecule has 0 spiro atoms. The van der Waals surface area contributed by atoms with Gasteiger partial charge < -0.3 is 9.80 Å². The fourth-order valence-electron chi connectivity index (χ4n) is 2.02. The number of hydrogen-bond acceptors (Lipinski definition) is 2. The van der Waals surface area contributed by atoms with E-state index in [1.807, 2.05) is 12.1 Å². The zero-order valence-electron chi connectivity index (χ0n) is 9.42. The van der Waals surface area contributed by atoms with Crippen LogP contribution in [-0.2, 0) is 5.33 Å². The third-order valence-electron chi connectivity index (χ3n) is 3.07. The lowest BCUT2D eigenvalue weighted by Gasteiger charge is -2.35. The third-order valence-corrected chi connectivity index (χ3v) is 3.99. The zero-order valence-corrected chi connectivity index (χ0v) is 11.8. The molecule has 0 N–H and O–H groups in total. The van der Waals surface area contributed by atoms with Crippen LogP contribution in [0.4, 0.5) is 5.69 Å². The van der Waals surface area contributed by atoms with Gasteiger partial charge in [-0.15, -0.1) is 0 Å². The summed E-state index contributed by atoms with van der Waals surface area (Å²) in [5, 5.41) is 1.67. The van der Waals surface area contributed by atoms with Crippen LogP contribution in [-0.4, -0.2) is 38.1 Å². The number of piperazine rings is 1. The molecule has 0 aliphatic carbocycles. The number of halogens is 2. The first-order valence-electron chi connectivity index (χ1n) is 5.49. The van der Waals surface area contributed by atoms with Crippen LogP contribution in [0.5, 0.6) is 0 Å². The van der Waals surface area contributed by atoms with Gasteiger partial charge in [0.25, 0.3) is 0 Å². The van der Waals surface area contributed by atoms with Crippen LogP contribution in [0.2, 0.25) is 5.02 Å². The summed E-state index contributed by atoms with van der Waals surface area (Å²) in [6.45, 7) is 4.40. The molecule has 1 aliphatic rings. The molecule has 1 fully saturated rings. The van der Waals surface area contributed by atoms with Crippen molar-refractivity contribution >= 4 is 33.2 Å². The molecule has 1 saturated heterocycles. The van der Waals surface area contributed by atoms with Crippen molar-refractivity contribution in [3.05, 3.63) is 28.8 Å². The second-order valence-corrected chi connectivity index (χ2v) is 5.13. The molecule has 1 aliphatic heterocycles. The molecule has 0 unspecified atom stereocenters. The van der Waals surface area contributed by atoms with Gasteiger partial charge in [0, 0.05) is 47.8 Å². The van der Waals surface area contributed by atoms with Crippen LogP contribution in [0, 0.1) is 0 Å². The van der Waals surface area contributed by atoms with Gasteiger partial charge in [-0.3, -0.25) is 0 Å². The Morgan fingerprint density at radius 3 is 2.56 bits per heavy atom. The number of alkyl halides is 1. The van der Waals surface area contributed by atoms with E-state index in [1.54, 1.807) is 0 Å². The molecule has 88 valence electrons. The molecule has 1 heterocycles. The quantitative estimate of drug-likeness (QED) is 0.775. The summed E-state index contributed by atoms with van der Waals surface area (Å²) in [6, 6.07) is 6.15. The number of hydrogen-bond donors (Lipinski definition) is 0. The van der Waals surface area contributed by atoms with Gasteiger partial charge in [-0.05, 0) is 19.2 Å². The van der Waals surface area contributed by atoms with Gasteiger partial charge in [0.1, 0.15) is 0 Å². The van der Waals surface area contributed by atoms with Gasteiger partial charge in [0.2, 0.25) is 0 Å². The van der Waals surface area contributed by atoms with Crippen molar-refractivity contribution in [2.45, 2.75) is 5.33 Å². The van der Waals surface area contributed by atoms with Crippen molar-refractivity contribution in [1.82, 2.24) is 4.90 Å². The highest BCUT2D eigenvalue weighted by molar-refractivity contribution is 9.08. The highest BCUT2D eigenvalue weighted by Gasteiger charge is 2.17. The Morgan fingerprint density at radius 1 is 1.25 bits per heavy atom. The Labute approximate surface area is 110 Å². The first-order valence-corrected chi connectivity index (χ1v) is 6.99. The molecular weight excluding hydrogens is 288 g/mol. The first-order chi connectivity index (χ1) is 7.72. The van der Waals surface area contributed by atoms with E-state index in [4.69, 9.17) is 11.6 Å². The monoisotopic (exact) mass is 302 g/mol. The molecule has 1 aromatic rings. The molecule has 4 heteroatoms. The fourth-order valence-corrected chi connectivity index (χ4v) is 3.01. The number of anilines is 1. The predicted octanol–water partition coefficient (Wildman–Crippen LogP) is 2.99. The van der Waals surface area contributed by atoms with Crippen molar-refractivity contribution < 1.29 is 0 Å². The topological polar surface area (TPSA) is 6.48 Å². The van der Waals surface area contributed by atoms with Crippen molar-refractivity contribution in [3.8, 4) is 0 Å². The van der Waals surface area contributed by atoms with Crippen LogP contribution in [0.3, 0.4) is 0 Å². The molecule has 0 amide bonds. The molecule has 0 atom stereocenters. The number of benzene rings is 1. The lowest BCUT2D eigenvalue weighted by molar-refractivity contribution is 0.312. The van der Waals surface area contributed by atoms with Crippen molar-refractivity contribution in [1.29, 1.82) is 0 Å². The molecular formula is C12H16BrClN2. The van der Waals surface area contributed by atoms with E-state index < -0.39 is 0 Å². The lowest BCUT2D eigenvalue weighted by atomic mass is 10.1. The van der Waals surface area contributed by atoms with Crippen LogP contribution < -0.4 is 4.90 Å². The van der Waals surface area contributed by atoms with Gasteiger partial charge in [-0.2, -0.15) is 0 Å². The third kappa shape index (κ3) is 2.53. The molecule has 16 heavy (non-hydrogen) atoms. The Kier molecular flexibility index (Phi) is 4.11. The Hall–Kier alpha value is -0.250. The lowest BCUT2D eigenvalue weighted by Crippen LogP contribution is -2.44. The maximum atomic E-state index is 6.21. The SMILES string of the molecule is CN1CCN(c2cccc(Cl)c2CBr)CC1. The standard InChI is InChI=1S/C12H16BrClN2/c1-15-5-7-16(8-6-15)12-4-2-3-11(14)10(12)9-13/h2-4H,5-9H2,1H3. The minimum Gasteiger partial charge on any atom is -0.369 e. The molecule has 1 aromatic carbocycles. The number of rotatable bonds is 2. The van der Waals surface area contributed by atoms with Crippen LogP contribution in [0.15, 0.2) is 18.2 Å². The first kappa shape index (κ1) is 12.2. The van der Waals surface area contributed by atoms with Crippen molar-refractivity contribution in [2.75, 3.05) is 38.1 Å². The van der Waals surface area contributed by atoms with E-state index in [2.05, 4.69) is 38.8 Å². The maximum Gasteiger partial charge on any atom is 0.0467 e. The zero-order chi connectivity index (χ0) is 11.5. The van der Waals surface area contributed by atoms with E-state index in [-0.39, 0.29) is 0 Å². The summed E-state index contributed by atoms with van der Waals surface area (Å²) in [4.78, 5) is 4.78. The van der Waals surface area contributed by atoms with Crippen molar-refractivity contribution in [3.63, 3.8) is 0 Å². The summed E-state index contributed by atoms with van der Waals surface area (Å²) in [5.41, 5.74) is 2.48. The normalized spacial score (nSPS) is 17.8. The van der Waals surface area contributed by atoms with Gasteiger partial charge >= 0.3 is 0 Å². The van der Waals surface area contributed by atoms with Crippen molar-refractivity contribution in [2.24, 2.45) is 0 Å². The molecule has 2 rings (SSSR count). The number of likely N-dealkylation sites (N-methyl/N-ethyl adjacent to an activating group) is 1. The Bertz CT molecular complexity index is 362. The van der Waals surface area contributed by atoms with Gasteiger partial charge in [0.15, 0.2) is 0 Å². The number of nitrogens with zero attached hydrogens (tertiary/aromatic N) is 2. The van der Waals surface area contributed by atoms with E-state index in [1.165, 1.54) is 11.3 Å². The van der Waals surface area contributed by atoms with E-state index in [0.717, 1.165) is 36.5 Å². The van der Waals surface area contributed by atoms with E-state index >= 15 is 0 Å². The molecule has 0 bridgehead atoms. The largest absolute Gasteiger partial charge is 0.369 e. The Balaban J connectivity index is 2.23. The van der Waals surface area contributed by atoms with Crippen LogP contribution >= 0.6 is 27.5 Å². The maximum absolute atomic E-state index is 6.21. The summed E-state index contributed by atoms with van der Waals surface area (Å²) in [5.74, 6) is 0. The fraction of sp³-hybridized carbons (Fsp3) is 0.500. The van der Waals surface area contributed by atoms with Gasteiger partial charge in [0.05, 0.1) is 0 Å². The molecule has 0 radical (unpaired) electrons. The Morgan fingerprint density at radius 2 is 1.94 bits per heavy atom. The van der Waals surface area contributed by atoms with Gasteiger partial charge in [-0.1, -0.05) is 33.6 Å². The highest BCUT2D eigenvalue weighted by Crippen LogP contribution is 2.30. The summed E-state index contributed by atoms with van der Waals surface area (Å²) < 4.78 is 0. The second-order valence-electron chi connectivity index (χ2n) is 4.16. The molecule has 0 saturated carbocycles. The molecule has 2 nitrogen and oxygen atoms in total. The predicted molar refractivity (Wildman–Crippen MR) is 73.8 cm³/mol. The minimum absolute atomic E-state index is 0.814. The second kappa shape index (κ2) is 5.39. The van der Waals surface area contributed by atoms with Crippen LogP contribution in [0.25, 0.3) is 0 Å². The van der Waals surface area contributed by atoms with E-state index in [0.29, 0.717) is 0 Å². The van der Waals surface area contributed by atoms with E-state index in [9.17, 15) is 0 Å². The molecule has 0 aromatic heterocycles. The average molecular weight is 304 g/mol. The summed E-state index contributed by atoms with van der Waals surface area (Å²) >= 11 is 9.73. The van der Waals surface area contributed by atoms with Crippen LogP contribution in [0.1, 0.15) is 5.56 Å². The minimum atomic E-state index is 0.814. The smallest absolute Gasteiger partial charge is 0.0467 e. The summed E-state index contributed by atoms with van der Waals surface area (Å²) in [6.07, 6.45) is 0. The highest BCUT2D eigenvalue weighted by atomic mass is 79.9. The van der Waals surface area contributed by atoms with Gasteiger partial charge in [-0.25, -0.2) is 0 Å². The average Bonchev–Trinajstić information content (AvgIpc) is 2.30. The summed E-state index contributed by atoms with van der Waals surface area (Å²) in [7, 11) is 2.17.